The summed E-state index contributed by atoms with van der Waals surface area (Å²) in [7, 11) is 1.69. The van der Waals surface area contributed by atoms with Crippen LogP contribution in [0.5, 0.6) is 0 Å². The van der Waals surface area contributed by atoms with Gasteiger partial charge >= 0.3 is 0 Å². The highest BCUT2D eigenvalue weighted by Gasteiger charge is 2.13. The monoisotopic (exact) mass is 449 g/mol. The van der Waals surface area contributed by atoms with Crippen molar-refractivity contribution >= 4 is 28.4 Å². The Labute approximate surface area is 191 Å². The largest absolute Gasteiger partial charge is 0.378 e. The molecule has 172 valence electrons. The van der Waals surface area contributed by atoms with Gasteiger partial charge in [0.05, 0.1) is 49.8 Å². The molecule has 1 aliphatic rings. The number of aliphatic hydroxyl groups excluding tert-OH is 1. The first kappa shape index (κ1) is 21.3. The van der Waals surface area contributed by atoms with E-state index in [1.54, 1.807) is 36.5 Å². The lowest BCUT2D eigenvalue weighted by atomic mass is 10.2. The van der Waals surface area contributed by atoms with Gasteiger partial charge in [0.2, 0.25) is 5.95 Å². The summed E-state index contributed by atoms with van der Waals surface area (Å²) in [5.41, 5.74) is 3.84. The van der Waals surface area contributed by atoms with Crippen LogP contribution in [0, 0.1) is 0 Å². The van der Waals surface area contributed by atoms with E-state index in [0.717, 1.165) is 48.6 Å². The van der Waals surface area contributed by atoms with Crippen LogP contribution in [0.15, 0.2) is 49.1 Å². The molecule has 0 radical (unpaired) electrons. The number of rotatable bonds is 8. The third-order valence-electron chi connectivity index (χ3n) is 5.58. The molecule has 3 aromatic heterocycles. The minimum absolute atomic E-state index is 0.342. The van der Waals surface area contributed by atoms with Gasteiger partial charge in [-0.05, 0) is 24.7 Å². The Bertz CT molecular complexity index is 1220. The molecule has 11 nitrogen and oxygen atoms in total. The van der Waals surface area contributed by atoms with Crippen molar-refractivity contribution in [3.05, 3.63) is 54.6 Å². The highest BCUT2D eigenvalue weighted by atomic mass is 16.5. The molecule has 1 fully saturated rings. The van der Waals surface area contributed by atoms with Gasteiger partial charge in [-0.25, -0.2) is 9.67 Å². The predicted octanol–water partition coefficient (Wildman–Crippen LogP) is 1.19. The Hall–Kier alpha value is -3.54. The second-order valence-corrected chi connectivity index (χ2v) is 7.92. The summed E-state index contributed by atoms with van der Waals surface area (Å²) in [6, 6.07) is 8.52. The van der Waals surface area contributed by atoms with Crippen LogP contribution in [0.3, 0.4) is 0 Å². The fraction of sp³-hybridized carbons (Fsp3) is 0.364. The normalized spacial score (nSPS) is 15.2. The Morgan fingerprint density at radius 3 is 2.88 bits per heavy atom. The first-order valence-corrected chi connectivity index (χ1v) is 10.9. The number of fused-ring (bicyclic) bond motifs is 1. The van der Waals surface area contributed by atoms with Crippen LogP contribution in [-0.2, 0) is 17.8 Å². The molecule has 1 aliphatic heterocycles. The summed E-state index contributed by atoms with van der Waals surface area (Å²) in [6.07, 6.45) is 6.34. The number of aliphatic hydroxyl groups is 1. The topological polar surface area (TPSA) is 118 Å². The van der Waals surface area contributed by atoms with Crippen molar-refractivity contribution in [2.24, 2.45) is 0 Å². The maximum atomic E-state index is 9.71. The molecule has 1 aromatic carbocycles. The molecule has 3 N–H and O–H groups in total. The van der Waals surface area contributed by atoms with E-state index in [1.165, 1.54) is 5.69 Å². The molecule has 4 aromatic rings. The Kier molecular flexibility index (Phi) is 6.15. The van der Waals surface area contributed by atoms with Gasteiger partial charge in [0.15, 0.2) is 5.65 Å². The number of anilines is 3. The predicted molar refractivity (Wildman–Crippen MR) is 124 cm³/mol. The molecule has 1 atom stereocenters. The van der Waals surface area contributed by atoms with Crippen LogP contribution in [-0.4, -0.2) is 74.2 Å². The Balaban J connectivity index is 1.33. The van der Waals surface area contributed by atoms with E-state index in [2.05, 4.69) is 60.0 Å². The first-order chi connectivity index (χ1) is 16.2. The molecule has 1 unspecified atom stereocenters. The first-order valence-electron chi connectivity index (χ1n) is 10.9. The quantitative estimate of drug-likeness (QED) is 0.341. The minimum Gasteiger partial charge on any atom is -0.378 e. The zero-order valence-electron chi connectivity index (χ0n) is 18.4. The molecular weight excluding hydrogens is 422 g/mol. The average molecular weight is 450 g/mol. The standard InChI is InChI=1S/C22H27N9O2/c1-23-20(32)15-30-14-18(12-25-30)27-22-24-10-17-11-26-31(21(17)28-22)13-16-3-2-4-19(9-16)29-5-7-33-8-6-29/h2-4,9-12,14,20,23,32H,5-8,13,15H2,1H3,(H,24,27,28). The second-order valence-electron chi connectivity index (χ2n) is 7.92. The van der Waals surface area contributed by atoms with Crippen molar-refractivity contribution in [1.29, 1.82) is 0 Å². The molecule has 11 heteroatoms. The van der Waals surface area contributed by atoms with E-state index in [1.807, 2.05) is 4.68 Å². The molecule has 5 rings (SSSR count). The molecule has 4 heterocycles. The lowest BCUT2D eigenvalue weighted by molar-refractivity contribution is 0.122. The van der Waals surface area contributed by atoms with Gasteiger partial charge in [-0.15, -0.1) is 0 Å². The summed E-state index contributed by atoms with van der Waals surface area (Å²) in [4.78, 5) is 11.4. The minimum atomic E-state index is -0.665. The highest BCUT2D eigenvalue weighted by molar-refractivity contribution is 5.75. The van der Waals surface area contributed by atoms with Crippen molar-refractivity contribution in [3.8, 4) is 0 Å². The zero-order valence-corrected chi connectivity index (χ0v) is 18.4. The lowest BCUT2D eigenvalue weighted by Crippen LogP contribution is -2.36. The summed E-state index contributed by atoms with van der Waals surface area (Å²) in [5, 5.41) is 25.3. The van der Waals surface area contributed by atoms with Gasteiger partial charge in [0.25, 0.3) is 0 Å². The lowest BCUT2D eigenvalue weighted by Gasteiger charge is -2.29. The third kappa shape index (κ3) is 4.95. The maximum absolute atomic E-state index is 9.71. The van der Waals surface area contributed by atoms with E-state index in [0.29, 0.717) is 19.0 Å². The van der Waals surface area contributed by atoms with E-state index < -0.39 is 6.23 Å². The van der Waals surface area contributed by atoms with Crippen LogP contribution in [0.25, 0.3) is 11.0 Å². The molecular formula is C22H27N9O2. The van der Waals surface area contributed by atoms with Crippen LogP contribution in [0.1, 0.15) is 5.56 Å². The molecule has 0 bridgehead atoms. The van der Waals surface area contributed by atoms with Crippen LogP contribution in [0.2, 0.25) is 0 Å². The van der Waals surface area contributed by atoms with Gasteiger partial charge in [-0.2, -0.15) is 15.2 Å². The molecule has 0 amide bonds. The van der Waals surface area contributed by atoms with Gasteiger partial charge in [0, 0.05) is 31.2 Å². The fourth-order valence-corrected chi connectivity index (χ4v) is 3.81. The van der Waals surface area contributed by atoms with Crippen molar-refractivity contribution in [2.75, 3.05) is 43.6 Å². The maximum Gasteiger partial charge on any atom is 0.229 e. The van der Waals surface area contributed by atoms with Crippen molar-refractivity contribution in [3.63, 3.8) is 0 Å². The fourth-order valence-electron chi connectivity index (χ4n) is 3.81. The number of benzene rings is 1. The summed E-state index contributed by atoms with van der Waals surface area (Å²) in [5.74, 6) is 0.458. The number of morpholine rings is 1. The number of hydrogen-bond donors (Lipinski definition) is 3. The number of aromatic nitrogens is 6. The van der Waals surface area contributed by atoms with Crippen molar-refractivity contribution in [2.45, 2.75) is 19.3 Å². The van der Waals surface area contributed by atoms with Gasteiger partial charge in [-0.3, -0.25) is 10.00 Å². The SMILES string of the molecule is CNC(O)Cn1cc(Nc2ncc3cnn(Cc4cccc(N5CCOCC5)c4)c3n2)cn1. The number of hydrogen-bond acceptors (Lipinski definition) is 9. The number of ether oxygens (including phenoxy) is 1. The third-order valence-corrected chi connectivity index (χ3v) is 5.58. The van der Waals surface area contributed by atoms with E-state index in [4.69, 9.17) is 4.74 Å². The molecule has 0 saturated carbocycles. The van der Waals surface area contributed by atoms with Crippen LogP contribution < -0.4 is 15.5 Å². The van der Waals surface area contributed by atoms with Crippen molar-refractivity contribution in [1.82, 2.24) is 34.8 Å². The summed E-state index contributed by atoms with van der Waals surface area (Å²) >= 11 is 0. The Morgan fingerprint density at radius 2 is 2.03 bits per heavy atom. The van der Waals surface area contributed by atoms with Crippen LogP contribution in [0.4, 0.5) is 17.3 Å². The summed E-state index contributed by atoms with van der Waals surface area (Å²) in [6.45, 7) is 4.28. The second kappa shape index (κ2) is 9.53. The zero-order chi connectivity index (χ0) is 22.6. The van der Waals surface area contributed by atoms with Crippen LogP contribution >= 0.6 is 0 Å². The van der Waals surface area contributed by atoms with E-state index >= 15 is 0 Å². The molecule has 0 spiro atoms. The highest BCUT2D eigenvalue weighted by Crippen LogP contribution is 2.20. The molecule has 33 heavy (non-hydrogen) atoms. The number of nitrogens with one attached hydrogen (secondary N) is 2. The average Bonchev–Trinajstić information content (AvgIpc) is 3.46. The van der Waals surface area contributed by atoms with E-state index in [-0.39, 0.29) is 0 Å². The van der Waals surface area contributed by atoms with Crippen molar-refractivity contribution < 1.29 is 9.84 Å². The number of likely N-dealkylation sites (N-methyl/N-ethyl adjacent to an activating group) is 1. The Morgan fingerprint density at radius 1 is 1.15 bits per heavy atom. The molecule has 0 aliphatic carbocycles. The van der Waals surface area contributed by atoms with Gasteiger partial charge < -0.3 is 20.1 Å². The van der Waals surface area contributed by atoms with Gasteiger partial charge in [0.1, 0.15) is 6.23 Å². The smallest absolute Gasteiger partial charge is 0.229 e. The summed E-state index contributed by atoms with van der Waals surface area (Å²) < 4.78 is 9.00. The van der Waals surface area contributed by atoms with Gasteiger partial charge in [-0.1, -0.05) is 12.1 Å². The molecule has 1 saturated heterocycles. The van der Waals surface area contributed by atoms with E-state index in [9.17, 15) is 5.11 Å². The number of nitrogens with zero attached hydrogens (tertiary/aromatic N) is 7.